The van der Waals surface area contributed by atoms with Gasteiger partial charge in [0.15, 0.2) is 0 Å². The second-order valence-electron chi connectivity index (χ2n) is 21.2. The predicted octanol–water partition coefficient (Wildman–Crippen LogP) is 17.9. The normalized spacial score (nSPS) is 14.2. The van der Waals surface area contributed by atoms with Gasteiger partial charge in [-0.3, -0.25) is 18.6 Å². The highest BCUT2D eigenvalue weighted by Gasteiger charge is 2.30. The number of hydrogen-bond acceptors (Lipinski definition) is 6. The van der Waals surface area contributed by atoms with Gasteiger partial charge < -0.3 is 19.4 Å². The minimum Gasteiger partial charge on any atom is -0.456 e. The molecule has 0 aromatic carbocycles. The quantitative estimate of drug-likeness (QED) is 0.0205. The molecule has 0 aliphatic heterocycles. The summed E-state index contributed by atoms with van der Waals surface area (Å²) in [5, 5.41) is 3.04. The highest BCUT2D eigenvalue weighted by Crippen LogP contribution is 2.43. The molecule has 0 aromatic rings. The zero-order chi connectivity index (χ0) is 52.2. The summed E-state index contributed by atoms with van der Waals surface area (Å²) in [4.78, 5) is 37.6. The van der Waals surface area contributed by atoms with Crippen LogP contribution in [0.1, 0.15) is 265 Å². The molecule has 1 amide bonds. The Bertz CT molecular complexity index is 1400. The van der Waals surface area contributed by atoms with E-state index in [2.05, 4.69) is 74.7 Å². The van der Waals surface area contributed by atoms with Crippen LogP contribution in [0.25, 0.3) is 0 Å². The molecule has 3 atom stereocenters. The van der Waals surface area contributed by atoms with E-state index in [9.17, 15) is 19.0 Å². The molecule has 71 heavy (non-hydrogen) atoms. The van der Waals surface area contributed by atoms with Gasteiger partial charge in [0.25, 0.3) is 0 Å². The number of allylic oxidation sites excluding steroid dienone is 9. The average molecular weight is 1020 g/mol. The van der Waals surface area contributed by atoms with Gasteiger partial charge in [-0.2, -0.15) is 0 Å². The molecule has 3 unspecified atom stereocenters. The molecule has 0 aliphatic carbocycles. The predicted molar refractivity (Wildman–Crippen MR) is 305 cm³/mol. The monoisotopic (exact) mass is 1020 g/mol. The van der Waals surface area contributed by atoms with E-state index in [0.717, 1.165) is 96.3 Å². The summed E-state index contributed by atoms with van der Waals surface area (Å²) in [6.07, 6.45) is 63.5. The van der Waals surface area contributed by atoms with Gasteiger partial charge in [-0.1, -0.05) is 236 Å². The largest absolute Gasteiger partial charge is 0.472 e. The number of phosphoric acid groups is 1. The highest BCUT2D eigenvalue weighted by atomic mass is 31.2. The van der Waals surface area contributed by atoms with Crippen LogP contribution in [0.5, 0.6) is 0 Å². The molecule has 9 nitrogen and oxygen atoms in total. The van der Waals surface area contributed by atoms with E-state index in [1.54, 1.807) is 0 Å². The van der Waals surface area contributed by atoms with E-state index >= 15 is 0 Å². The topological polar surface area (TPSA) is 111 Å². The van der Waals surface area contributed by atoms with Crippen molar-refractivity contribution in [2.24, 2.45) is 0 Å². The number of amides is 1. The number of nitrogens with zero attached hydrogens (tertiary/aromatic N) is 1. The number of esters is 1. The minimum atomic E-state index is -4.45. The molecule has 0 rings (SSSR count). The molecule has 0 aromatic heterocycles. The first-order chi connectivity index (χ1) is 34.4. The van der Waals surface area contributed by atoms with Crippen molar-refractivity contribution >= 4 is 19.7 Å². The van der Waals surface area contributed by atoms with Gasteiger partial charge in [0.1, 0.15) is 19.3 Å². The molecular weight excluding hydrogens is 904 g/mol. The van der Waals surface area contributed by atoms with E-state index in [0.29, 0.717) is 17.4 Å². The number of quaternary nitrogens is 1. The Morgan fingerprint density at radius 2 is 0.859 bits per heavy atom. The van der Waals surface area contributed by atoms with Gasteiger partial charge in [-0.25, -0.2) is 4.57 Å². The maximum atomic E-state index is 13.5. The van der Waals surface area contributed by atoms with Gasteiger partial charge in [0.2, 0.25) is 5.91 Å². The van der Waals surface area contributed by atoms with Crippen LogP contribution in [0.4, 0.5) is 0 Å². The number of carbonyl (C=O) groups is 2. The third-order valence-electron chi connectivity index (χ3n) is 13.0. The number of ether oxygens (including phenoxy) is 1. The van der Waals surface area contributed by atoms with Gasteiger partial charge in [-0.15, -0.1) is 0 Å². The van der Waals surface area contributed by atoms with Crippen LogP contribution in [0, 0.1) is 0 Å². The van der Waals surface area contributed by atoms with E-state index in [-0.39, 0.29) is 31.5 Å². The first-order valence-corrected chi connectivity index (χ1v) is 31.1. The first-order valence-electron chi connectivity index (χ1n) is 29.6. The number of phosphoric ester groups is 1. The van der Waals surface area contributed by atoms with Crippen molar-refractivity contribution in [3.63, 3.8) is 0 Å². The lowest BCUT2D eigenvalue weighted by atomic mass is 10.0. The van der Waals surface area contributed by atoms with E-state index < -0.39 is 20.0 Å². The summed E-state index contributed by atoms with van der Waals surface area (Å²) in [5.74, 6) is -0.522. The zero-order valence-electron chi connectivity index (χ0n) is 47.2. The molecular formula is C61H114N2O7P+. The van der Waals surface area contributed by atoms with Crippen molar-refractivity contribution in [2.75, 3.05) is 40.9 Å². The molecule has 0 fully saturated rings. The second kappa shape index (κ2) is 51.2. The number of carbonyl (C=O) groups excluding carboxylic acids is 2. The lowest BCUT2D eigenvalue weighted by Crippen LogP contribution is -2.47. The Morgan fingerprint density at radius 3 is 1.31 bits per heavy atom. The third kappa shape index (κ3) is 52.4. The maximum absolute atomic E-state index is 13.5. The Hall–Kier alpha value is -2.29. The van der Waals surface area contributed by atoms with E-state index in [1.165, 1.54) is 135 Å². The van der Waals surface area contributed by atoms with Crippen LogP contribution in [0.3, 0.4) is 0 Å². The summed E-state index contributed by atoms with van der Waals surface area (Å²) in [7, 11) is 1.48. The molecule has 0 saturated heterocycles. The number of rotatable bonds is 53. The van der Waals surface area contributed by atoms with Crippen LogP contribution in [0.15, 0.2) is 60.8 Å². The number of nitrogens with one attached hydrogen (secondary N) is 1. The van der Waals surface area contributed by atoms with Crippen molar-refractivity contribution < 1.29 is 37.3 Å². The summed E-state index contributed by atoms with van der Waals surface area (Å²) in [6.45, 7) is 6.97. The molecule has 0 spiro atoms. The van der Waals surface area contributed by atoms with E-state index in [1.807, 2.05) is 33.3 Å². The molecule has 2 N–H and O–H groups in total. The fourth-order valence-corrected chi connectivity index (χ4v) is 9.07. The molecule has 0 bridgehead atoms. The van der Waals surface area contributed by atoms with Crippen LogP contribution in [0.2, 0.25) is 0 Å². The minimum absolute atomic E-state index is 0.0358. The maximum Gasteiger partial charge on any atom is 0.472 e. The number of unbranched alkanes of at least 4 members (excludes halogenated alkanes) is 29. The summed E-state index contributed by atoms with van der Waals surface area (Å²) < 4.78 is 30.6. The fraction of sp³-hybridized carbons (Fsp3) is 0.803. The third-order valence-corrected chi connectivity index (χ3v) is 13.9. The van der Waals surface area contributed by atoms with Gasteiger partial charge >= 0.3 is 13.8 Å². The molecule has 0 saturated carbocycles. The van der Waals surface area contributed by atoms with Crippen molar-refractivity contribution in [3.8, 4) is 0 Å². The molecule has 0 radical (unpaired) electrons. The van der Waals surface area contributed by atoms with Gasteiger partial charge in [-0.05, 0) is 76.7 Å². The fourth-order valence-electron chi connectivity index (χ4n) is 8.33. The zero-order valence-corrected chi connectivity index (χ0v) is 48.1. The van der Waals surface area contributed by atoms with Crippen LogP contribution < -0.4 is 5.32 Å². The van der Waals surface area contributed by atoms with Crippen molar-refractivity contribution in [3.05, 3.63) is 60.8 Å². The molecule has 10 heteroatoms. The summed E-state index contributed by atoms with van der Waals surface area (Å²) >= 11 is 0. The lowest BCUT2D eigenvalue weighted by Gasteiger charge is -2.27. The molecule has 0 heterocycles. The number of likely N-dealkylation sites (N-methyl/N-ethyl adjacent to an activating group) is 1. The standard InChI is InChI=1S/C61H113N2O7P/c1-7-10-13-16-19-22-25-27-28-29-30-31-32-33-34-36-38-41-44-47-50-53-60(64)62-58(57-69-71(66,67)68-56-55-63(4,5)6)59(52-49-46-43-40-37-24-21-18-15-12-9-3)70-61(65)54-51-48-45-42-39-35-26-23-20-17-14-11-8-2/h19,22,27-28,30-31,33-34,49,52,58-59H,7-18,20-21,23-26,29,32,35-48,50-51,53-57H2,1-6H3,(H-,62,64,66,67)/p+1/b22-19-,28-27-,31-30-,34-33-,52-49-. The molecule has 0 aliphatic rings. The first kappa shape index (κ1) is 68.7. The van der Waals surface area contributed by atoms with Crippen LogP contribution in [-0.2, 0) is 27.9 Å². The lowest BCUT2D eigenvalue weighted by molar-refractivity contribution is -0.870. The van der Waals surface area contributed by atoms with Crippen LogP contribution >= 0.6 is 7.82 Å². The summed E-state index contributed by atoms with van der Waals surface area (Å²) in [5.41, 5.74) is 0. The Kier molecular flexibility index (Phi) is 49.6. The Labute approximate surface area is 439 Å². The van der Waals surface area contributed by atoms with Crippen LogP contribution in [-0.4, -0.2) is 74.3 Å². The van der Waals surface area contributed by atoms with Gasteiger partial charge in [0, 0.05) is 12.8 Å². The average Bonchev–Trinajstić information content (AvgIpc) is 3.33. The smallest absolute Gasteiger partial charge is 0.456 e. The van der Waals surface area contributed by atoms with Crippen molar-refractivity contribution in [1.82, 2.24) is 5.32 Å². The molecule has 414 valence electrons. The second-order valence-corrected chi connectivity index (χ2v) is 22.6. The van der Waals surface area contributed by atoms with Crippen molar-refractivity contribution in [2.45, 2.75) is 277 Å². The van der Waals surface area contributed by atoms with Gasteiger partial charge in [0.05, 0.1) is 33.8 Å². The summed E-state index contributed by atoms with van der Waals surface area (Å²) in [6, 6.07) is -0.856. The van der Waals surface area contributed by atoms with E-state index in [4.69, 9.17) is 13.8 Å². The SMILES string of the molecule is CCCCC/C=C\C/C=C\C/C=C\C/C=C\CCCCCCCC(=O)NC(COP(=O)(O)OCC[N+](C)(C)C)C(/C=C\CCCCCCCCCCC)OC(=O)CCCCCCCCCCCCCCC. The highest BCUT2D eigenvalue weighted by molar-refractivity contribution is 7.47. The van der Waals surface area contributed by atoms with Crippen molar-refractivity contribution in [1.29, 1.82) is 0 Å². The number of hydrogen-bond donors (Lipinski definition) is 2. The Balaban J connectivity index is 5.28. The Morgan fingerprint density at radius 1 is 0.493 bits per heavy atom.